The standard InChI is InChI=1S/C17H19NOS/c1-17(2,3)20-15-11-7-10-14(12-15)18-16(19)13-8-5-4-6-9-13/h4-12H,1-3H3,(H,18,19). The Labute approximate surface area is 124 Å². The summed E-state index contributed by atoms with van der Waals surface area (Å²) in [5.41, 5.74) is 1.49. The Morgan fingerprint density at radius 1 is 1.00 bits per heavy atom. The molecule has 20 heavy (non-hydrogen) atoms. The van der Waals surface area contributed by atoms with Crippen LogP contribution in [0, 0.1) is 0 Å². The first-order chi connectivity index (χ1) is 9.44. The maximum Gasteiger partial charge on any atom is 0.255 e. The van der Waals surface area contributed by atoms with E-state index >= 15 is 0 Å². The molecule has 2 aromatic rings. The Bertz CT molecular complexity index is 587. The highest BCUT2D eigenvalue weighted by Gasteiger charge is 2.12. The Kier molecular flexibility index (Phi) is 4.50. The molecule has 0 aromatic heterocycles. The smallest absolute Gasteiger partial charge is 0.255 e. The molecule has 0 unspecified atom stereocenters. The number of hydrogen-bond donors (Lipinski definition) is 1. The van der Waals surface area contributed by atoms with Crippen LogP contribution in [0.2, 0.25) is 0 Å². The number of hydrogen-bond acceptors (Lipinski definition) is 2. The van der Waals surface area contributed by atoms with Crippen molar-refractivity contribution < 1.29 is 4.79 Å². The molecule has 0 bridgehead atoms. The Morgan fingerprint density at radius 3 is 2.35 bits per heavy atom. The van der Waals surface area contributed by atoms with Crippen molar-refractivity contribution in [2.45, 2.75) is 30.4 Å². The molecule has 0 radical (unpaired) electrons. The van der Waals surface area contributed by atoms with Gasteiger partial charge >= 0.3 is 0 Å². The molecule has 3 heteroatoms. The number of nitrogens with one attached hydrogen (secondary N) is 1. The van der Waals surface area contributed by atoms with E-state index in [1.54, 1.807) is 11.8 Å². The van der Waals surface area contributed by atoms with Gasteiger partial charge in [0.25, 0.3) is 5.91 Å². The molecule has 1 amide bonds. The van der Waals surface area contributed by atoms with Crippen LogP contribution >= 0.6 is 11.8 Å². The molecule has 0 saturated heterocycles. The fourth-order valence-electron chi connectivity index (χ4n) is 1.78. The van der Waals surface area contributed by atoms with Gasteiger partial charge in [0.1, 0.15) is 0 Å². The maximum atomic E-state index is 12.1. The lowest BCUT2D eigenvalue weighted by Gasteiger charge is -2.18. The van der Waals surface area contributed by atoms with Crippen molar-refractivity contribution in [3.05, 3.63) is 60.2 Å². The Hall–Kier alpha value is -1.74. The van der Waals surface area contributed by atoms with Crippen molar-refractivity contribution in [3.63, 3.8) is 0 Å². The van der Waals surface area contributed by atoms with Gasteiger partial charge in [-0.2, -0.15) is 0 Å². The van der Waals surface area contributed by atoms with Crippen LogP contribution in [0.25, 0.3) is 0 Å². The summed E-state index contributed by atoms with van der Waals surface area (Å²) in [7, 11) is 0. The SMILES string of the molecule is CC(C)(C)Sc1cccc(NC(=O)c2ccccc2)c1. The van der Waals surface area contributed by atoms with Crippen LogP contribution in [0.1, 0.15) is 31.1 Å². The quantitative estimate of drug-likeness (QED) is 0.818. The molecule has 2 aromatic carbocycles. The number of benzene rings is 2. The monoisotopic (exact) mass is 285 g/mol. The first kappa shape index (κ1) is 14.7. The minimum absolute atomic E-state index is 0.0801. The number of thioether (sulfide) groups is 1. The Balaban J connectivity index is 2.10. The highest BCUT2D eigenvalue weighted by molar-refractivity contribution is 8.00. The largest absolute Gasteiger partial charge is 0.322 e. The van der Waals surface area contributed by atoms with Crippen molar-refractivity contribution in [2.24, 2.45) is 0 Å². The van der Waals surface area contributed by atoms with Crippen molar-refractivity contribution in [1.29, 1.82) is 0 Å². The molecule has 0 saturated carbocycles. The van der Waals surface area contributed by atoms with Crippen molar-refractivity contribution in [2.75, 3.05) is 5.32 Å². The van der Waals surface area contributed by atoms with E-state index in [4.69, 9.17) is 0 Å². The van der Waals surface area contributed by atoms with Gasteiger partial charge in [-0.1, -0.05) is 45.0 Å². The molecule has 0 aliphatic heterocycles. The number of carbonyl (C=O) groups is 1. The second-order valence-electron chi connectivity index (χ2n) is 5.56. The fraction of sp³-hybridized carbons (Fsp3) is 0.235. The van der Waals surface area contributed by atoms with E-state index < -0.39 is 0 Å². The van der Waals surface area contributed by atoms with E-state index in [0.29, 0.717) is 5.56 Å². The average Bonchev–Trinajstić information content (AvgIpc) is 2.38. The first-order valence-electron chi connectivity index (χ1n) is 6.59. The minimum atomic E-state index is -0.0801. The van der Waals surface area contributed by atoms with E-state index in [2.05, 4.69) is 32.2 Å². The zero-order valence-electron chi connectivity index (χ0n) is 12.0. The van der Waals surface area contributed by atoms with Crippen LogP contribution < -0.4 is 5.32 Å². The summed E-state index contributed by atoms with van der Waals surface area (Å²) in [6.07, 6.45) is 0. The molecule has 2 nitrogen and oxygen atoms in total. The lowest BCUT2D eigenvalue weighted by Crippen LogP contribution is -2.12. The second-order valence-corrected chi connectivity index (χ2v) is 7.46. The van der Waals surface area contributed by atoms with Gasteiger partial charge in [0.15, 0.2) is 0 Å². The molecule has 0 atom stereocenters. The number of rotatable bonds is 3. The van der Waals surface area contributed by atoms with Gasteiger partial charge in [-0.3, -0.25) is 4.79 Å². The summed E-state index contributed by atoms with van der Waals surface area (Å²) in [6.45, 7) is 6.52. The van der Waals surface area contributed by atoms with Gasteiger partial charge < -0.3 is 5.32 Å². The number of carbonyl (C=O) groups excluding carboxylic acids is 1. The van der Waals surface area contributed by atoms with Crippen LogP contribution in [0.15, 0.2) is 59.5 Å². The fourth-order valence-corrected chi connectivity index (χ4v) is 2.82. The van der Waals surface area contributed by atoms with Gasteiger partial charge in [0, 0.05) is 20.9 Å². The first-order valence-corrected chi connectivity index (χ1v) is 7.41. The summed E-state index contributed by atoms with van der Waals surface area (Å²) in [5, 5.41) is 2.93. The molecule has 1 N–H and O–H groups in total. The molecule has 0 spiro atoms. The average molecular weight is 285 g/mol. The summed E-state index contributed by atoms with van der Waals surface area (Å²) < 4.78 is 0.155. The molecule has 0 aliphatic rings. The third kappa shape index (κ3) is 4.42. The zero-order chi connectivity index (χ0) is 14.6. The highest BCUT2D eigenvalue weighted by Crippen LogP contribution is 2.32. The lowest BCUT2D eigenvalue weighted by molar-refractivity contribution is 0.102. The van der Waals surface area contributed by atoms with Crippen molar-refractivity contribution >= 4 is 23.4 Å². The Morgan fingerprint density at radius 2 is 1.70 bits per heavy atom. The highest BCUT2D eigenvalue weighted by atomic mass is 32.2. The van der Waals surface area contributed by atoms with Crippen LogP contribution in [-0.4, -0.2) is 10.7 Å². The lowest BCUT2D eigenvalue weighted by atomic mass is 10.2. The zero-order valence-corrected chi connectivity index (χ0v) is 12.8. The topological polar surface area (TPSA) is 29.1 Å². The van der Waals surface area contributed by atoms with Crippen LogP contribution in [0.5, 0.6) is 0 Å². The second kappa shape index (κ2) is 6.14. The molecular weight excluding hydrogens is 266 g/mol. The summed E-state index contributed by atoms with van der Waals surface area (Å²) >= 11 is 1.79. The van der Waals surface area contributed by atoms with E-state index in [9.17, 15) is 4.79 Å². The van der Waals surface area contributed by atoms with E-state index in [-0.39, 0.29) is 10.7 Å². The predicted molar refractivity (Wildman–Crippen MR) is 86.4 cm³/mol. The summed E-state index contributed by atoms with van der Waals surface area (Å²) in [5.74, 6) is -0.0801. The normalized spacial score (nSPS) is 11.2. The molecule has 0 fully saturated rings. The van der Waals surface area contributed by atoms with E-state index in [1.807, 2.05) is 48.5 Å². The van der Waals surface area contributed by atoms with Crippen LogP contribution in [0.4, 0.5) is 5.69 Å². The molecule has 2 rings (SSSR count). The van der Waals surface area contributed by atoms with Gasteiger partial charge in [-0.25, -0.2) is 0 Å². The van der Waals surface area contributed by atoms with Crippen LogP contribution in [-0.2, 0) is 0 Å². The van der Waals surface area contributed by atoms with E-state index in [0.717, 1.165) is 10.6 Å². The number of anilines is 1. The van der Waals surface area contributed by atoms with Gasteiger partial charge in [0.05, 0.1) is 0 Å². The van der Waals surface area contributed by atoms with E-state index in [1.165, 1.54) is 0 Å². The third-order valence-corrected chi connectivity index (χ3v) is 3.65. The van der Waals surface area contributed by atoms with Gasteiger partial charge in [-0.15, -0.1) is 11.8 Å². The number of amides is 1. The van der Waals surface area contributed by atoms with Gasteiger partial charge in [0.2, 0.25) is 0 Å². The molecule has 104 valence electrons. The van der Waals surface area contributed by atoms with Crippen molar-refractivity contribution in [1.82, 2.24) is 0 Å². The maximum absolute atomic E-state index is 12.1. The molecular formula is C17H19NOS. The van der Waals surface area contributed by atoms with Crippen LogP contribution in [0.3, 0.4) is 0 Å². The van der Waals surface area contributed by atoms with Crippen molar-refractivity contribution in [3.8, 4) is 0 Å². The molecule has 0 aliphatic carbocycles. The third-order valence-electron chi connectivity index (χ3n) is 2.55. The summed E-state index contributed by atoms with van der Waals surface area (Å²) in [6, 6.07) is 17.2. The predicted octanol–water partition coefficient (Wildman–Crippen LogP) is 4.83. The van der Waals surface area contributed by atoms with Gasteiger partial charge in [-0.05, 0) is 30.3 Å². The summed E-state index contributed by atoms with van der Waals surface area (Å²) in [4.78, 5) is 13.2. The molecule has 0 heterocycles. The minimum Gasteiger partial charge on any atom is -0.322 e.